The highest BCUT2D eigenvalue weighted by molar-refractivity contribution is 6.76. The molecule has 3 rings (SSSR count). The zero-order valence-corrected chi connectivity index (χ0v) is 29.1. The van der Waals surface area contributed by atoms with E-state index < -0.39 is 19.5 Å². The molecule has 246 valence electrons. The minimum Gasteiger partial charge on any atom is -0.468 e. The van der Waals surface area contributed by atoms with E-state index in [1.165, 1.54) is 38.6 Å². The molecule has 1 atom stereocenters. The molecule has 1 aliphatic heterocycles. The molecule has 1 heterocycles. The summed E-state index contributed by atoms with van der Waals surface area (Å²) in [6.45, 7) is 15.4. The largest absolute Gasteiger partial charge is 0.468 e. The monoisotopic (exact) mass is 630 g/mol. The van der Waals surface area contributed by atoms with Gasteiger partial charge in [-0.15, -0.1) is 0 Å². The molecule has 2 aromatic rings. The molecule has 10 heteroatoms. The Kier molecular flexibility index (Phi) is 18.7. The molecular weight excluding hydrogens is 576 g/mol. The highest BCUT2D eigenvalue weighted by atomic mass is 28.3. The van der Waals surface area contributed by atoms with Gasteiger partial charge in [0.05, 0.1) is 47.8 Å². The van der Waals surface area contributed by atoms with Crippen molar-refractivity contribution in [3.63, 3.8) is 0 Å². The number of hydrogen-bond acceptors (Lipinski definition) is 9. The lowest BCUT2D eigenvalue weighted by Crippen LogP contribution is -2.40. The molecule has 0 radical (unpaired) electrons. The summed E-state index contributed by atoms with van der Waals surface area (Å²) in [6, 6.07) is 20.9. The Morgan fingerprint density at radius 3 is 1.93 bits per heavy atom. The van der Waals surface area contributed by atoms with Crippen molar-refractivity contribution in [1.29, 1.82) is 0 Å². The second kappa shape index (κ2) is 21.0. The van der Waals surface area contributed by atoms with E-state index in [-0.39, 0.29) is 12.6 Å². The van der Waals surface area contributed by atoms with Gasteiger partial charge in [0.25, 0.3) is 0 Å². The Morgan fingerprint density at radius 2 is 1.45 bits per heavy atom. The summed E-state index contributed by atoms with van der Waals surface area (Å²) in [7, 11) is 6.58. The fourth-order valence-electron chi connectivity index (χ4n) is 4.99. The first kappa shape index (κ1) is 39.2. The molecular formula is C34H54N2O7Si. The van der Waals surface area contributed by atoms with E-state index >= 15 is 0 Å². The fourth-order valence-corrected chi connectivity index (χ4v) is 6.54. The number of carbonyl (C=O) groups is 2. The van der Waals surface area contributed by atoms with Crippen LogP contribution in [0.15, 0.2) is 72.8 Å². The third kappa shape index (κ3) is 15.2. The summed E-state index contributed by atoms with van der Waals surface area (Å²) in [4.78, 5) is 27.2. The van der Waals surface area contributed by atoms with E-state index in [4.69, 9.17) is 14.2 Å². The van der Waals surface area contributed by atoms with E-state index in [1.54, 1.807) is 14.2 Å². The van der Waals surface area contributed by atoms with Gasteiger partial charge in [-0.1, -0.05) is 86.9 Å². The van der Waals surface area contributed by atoms with Crippen molar-refractivity contribution in [3.05, 3.63) is 83.9 Å². The van der Waals surface area contributed by atoms with Crippen LogP contribution in [0, 0.1) is 5.41 Å². The van der Waals surface area contributed by atoms with Crippen LogP contribution in [-0.2, 0) is 46.4 Å². The first-order chi connectivity index (χ1) is 20.9. The lowest BCUT2D eigenvalue weighted by molar-refractivity contribution is -0.155. The van der Waals surface area contributed by atoms with Crippen LogP contribution in [0.25, 0.3) is 0 Å². The lowest BCUT2D eigenvalue weighted by atomic mass is 9.88. The van der Waals surface area contributed by atoms with Crippen LogP contribution in [0.5, 0.6) is 0 Å². The van der Waals surface area contributed by atoms with Gasteiger partial charge in [0.1, 0.15) is 5.41 Å². The molecule has 0 N–H and O–H groups in total. The third-order valence-electron chi connectivity index (χ3n) is 6.77. The van der Waals surface area contributed by atoms with Crippen LogP contribution in [-0.4, -0.2) is 105 Å². The minimum absolute atomic E-state index is 0.162. The second-order valence-electron chi connectivity index (χ2n) is 12.1. The fraction of sp³-hybridized carbons (Fsp3) is 0.529. The maximum Gasteiger partial charge on any atom is 0.335 e. The predicted molar refractivity (Wildman–Crippen MR) is 178 cm³/mol. The normalized spacial score (nSPS) is 16.3. The zero-order chi connectivity index (χ0) is 33.0. The van der Waals surface area contributed by atoms with Crippen molar-refractivity contribution in [3.8, 4) is 0 Å². The maximum absolute atomic E-state index is 12.0. The summed E-state index contributed by atoms with van der Waals surface area (Å²) in [6.07, 6.45) is 1.97. The molecule has 0 aliphatic carbocycles. The summed E-state index contributed by atoms with van der Waals surface area (Å²) in [5, 5.41) is 0. The van der Waals surface area contributed by atoms with Crippen molar-refractivity contribution < 1.29 is 33.3 Å². The average Bonchev–Trinajstić information content (AvgIpc) is 3.41. The van der Waals surface area contributed by atoms with Crippen molar-refractivity contribution in [2.24, 2.45) is 5.41 Å². The quantitative estimate of drug-likeness (QED) is 0.123. The van der Waals surface area contributed by atoms with Gasteiger partial charge in [0.15, 0.2) is 0 Å². The molecule has 1 fully saturated rings. The van der Waals surface area contributed by atoms with Crippen LogP contribution in [0.3, 0.4) is 0 Å². The Hall–Kier alpha value is -2.86. The molecule has 9 nitrogen and oxygen atoms in total. The lowest BCUT2D eigenvalue weighted by Gasteiger charge is -2.28. The highest BCUT2D eigenvalue weighted by Gasteiger charge is 2.45. The van der Waals surface area contributed by atoms with Gasteiger partial charge in [0, 0.05) is 41.0 Å². The predicted octanol–water partition coefficient (Wildman–Crippen LogP) is 5.03. The molecule has 44 heavy (non-hydrogen) atoms. The summed E-state index contributed by atoms with van der Waals surface area (Å²) in [5.41, 5.74) is 2.46. The highest BCUT2D eigenvalue weighted by Crippen LogP contribution is 2.33. The molecule has 1 aliphatic rings. The van der Waals surface area contributed by atoms with Crippen molar-refractivity contribution >= 4 is 20.0 Å². The van der Waals surface area contributed by atoms with Crippen LogP contribution >= 0.6 is 0 Å². The molecule has 1 saturated heterocycles. The van der Waals surface area contributed by atoms with E-state index in [2.05, 4.69) is 88.0 Å². The Labute approximate surface area is 266 Å². The maximum atomic E-state index is 12.0. The Balaban J connectivity index is 0.000000352. The molecule has 0 spiro atoms. The van der Waals surface area contributed by atoms with Crippen LogP contribution < -0.4 is 0 Å². The third-order valence-corrected chi connectivity index (χ3v) is 8.17. The van der Waals surface area contributed by atoms with Gasteiger partial charge in [-0.2, -0.15) is 0 Å². The van der Waals surface area contributed by atoms with Gasteiger partial charge < -0.3 is 23.7 Å². The topological polar surface area (TPSA) is 86.8 Å². The van der Waals surface area contributed by atoms with Gasteiger partial charge in [-0.3, -0.25) is 14.6 Å². The van der Waals surface area contributed by atoms with Gasteiger partial charge in [-0.05, 0) is 30.3 Å². The number of esters is 2. The van der Waals surface area contributed by atoms with Crippen LogP contribution in [0.1, 0.15) is 17.5 Å². The van der Waals surface area contributed by atoms with Crippen molar-refractivity contribution in [2.45, 2.75) is 39.2 Å². The molecule has 2 aromatic carbocycles. The number of carbonyl (C=O) groups excluding carboxylic acids is 2. The molecule has 0 bridgehead atoms. The number of ether oxygens (including phenoxy) is 5. The number of nitrogens with zero attached hydrogens (tertiary/aromatic N) is 2. The first-order valence-electron chi connectivity index (χ1n) is 14.8. The van der Waals surface area contributed by atoms with Gasteiger partial charge >= 0.3 is 11.9 Å². The average molecular weight is 631 g/mol. The van der Waals surface area contributed by atoms with E-state index in [1.807, 2.05) is 18.2 Å². The van der Waals surface area contributed by atoms with Gasteiger partial charge in [0.2, 0.25) is 0 Å². The number of hydrogen-bond donors (Lipinski definition) is 0. The summed E-state index contributed by atoms with van der Waals surface area (Å²) < 4.78 is 24.4. The zero-order valence-electron chi connectivity index (χ0n) is 28.1. The summed E-state index contributed by atoms with van der Waals surface area (Å²) in [5.74, 6) is -0.582. The van der Waals surface area contributed by atoms with Crippen LogP contribution in [0.4, 0.5) is 0 Å². The van der Waals surface area contributed by atoms with Crippen LogP contribution in [0.2, 0.25) is 19.6 Å². The van der Waals surface area contributed by atoms with Crippen molar-refractivity contribution in [1.82, 2.24) is 9.80 Å². The molecule has 0 aromatic heterocycles. The summed E-state index contributed by atoms with van der Waals surface area (Å²) >= 11 is 0. The Bertz CT molecular complexity index is 1100. The molecule has 1 unspecified atom stereocenters. The van der Waals surface area contributed by atoms with E-state index in [9.17, 15) is 9.59 Å². The van der Waals surface area contributed by atoms with Gasteiger partial charge in [-0.25, -0.2) is 4.79 Å². The second-order valence-corrected chi connectivity index (χ2v) is 17.6. The smallest absolute Gasteiger partial charge is 0.335 e. The van der Waals surface area contributed by atoms with E-state index in [0.717, 1.165) is 32.8 Å². The van der Waals surface area contributed by atoms with E-state index in [0.29, 0.717) is 18.7 Å². The SMILES string of the molecule is C=C(COC)C(=O)OC.COCC1(C(=O)OC)CCN(Cc2ccccc2)C1.COCN(Cc1ccccc1)C[Si](C)(C)C. The number of methoxy groups -OCH3 is 5. The number of benzene rings is 2. The first-order valence-corrected chi connectivity index (χ1v) is 18.5. The standard InChI is InChI=1S/C15H21NO3.C13H23NOSi.C6H10O3/c1-18-12-15(14(17)19-2)8-9-16(11-15)10-13-6-4-3-5-7-13;1-15-11-14(12-16(2,3)4)10-13-8-6-5-7-9-13;1-5(4-8-2)6(7)9-3/h3-7H,8-12H2,1-2H3;5-9H,10-12H2,1-4H3;1,4H2,2-3H3. The number of rotatable bonds is 14. The molecule has 0 amide bonds. The molecule has 0 saturated carbocycles. The number of likely N-dealkylation sites (tertiary alicyclic amines) is 1. The Morgan fingerprint density at radius 1 is 0.864 bits per heavy atom. The van der Waals surface area contributed by atoms with Crippen molar-refractivity contribution in [2.75, 3.05) is 74.8 Å². The minimum atomic E-state index is -1.07.